The monoisotopic (exact) mass is 299 g/mol. The normalized spacial score (nSPS) is 9.67. The van der Waals surface area contributed by atoms with Crippen LogP contribution >= 0.6 is 11.6 Å². The van der Waals surface area contributed by atoms with Crippen molar-refractivity contribution in [1.82, 2.24) is 4.98 Å². The quantitative estimate of drug-likeness (QED) is 0.838. The van der Waals surface area contributed by atoms with Gasteiger partial charge >= 0.3 is 0 Å². The number of aryl methyl sites for hydroxylation is 1. The number of nitrogens with one attached hydrogen (secondary N) is 1. The molecule has 0 unspecified atom stereocenters. The fourth-order valence-electron chi connectivity index (χ4n) is 1.75. The Hall–Kier alpha value is -2.35. The highest BCUT2D eigenvalue weighted by Gasteiger charge is 2.12. The van der Waals surface area contributed by atoms with Crippen LogP contribution in [0.2, 0.25) is 5.02 Å². The number of aromatic nitrogens is 1. The Morgan fingerprint density at radius 3 is 2.95 bits per heavy atom. The van der Waals surface area contributed by atoms with Crippen LogP contribution < -0.4 is 11.1 Å². The Kier molecular flexibility index (Phi) is 4.94. The lowest BCUT2D eigenvalue weighted by Gasteiger charge is -2.09. The Labute approximate surface area is 128 Å². The van der Waals surface area contributed by atoms with E-state index in [1.54, 1.807) is 24.4 Å². The summed E-state index contributed by atoms with van der Waals surface area (Å²) in [4.78, 5) is 16.3. The molecular weight excluding hydrogens is 286 g/mol. The number of nitrogens with zero attached hydrogens (tertiary/aromatic N) is 1. The first-order valence-electron chi connectivity index (χ1n) is 6.32. The molecule has 0 saturated heterocycles. The van der Waals surface area contributed by atoms with E-state index < -0.39 is 0 Å². The molecule has 0 aliphatic heterocycles. The molecule has 0 fully saturated rings. The molecule has 1 aromatic carbocycles. The zero-order valence-electron chi connectivity index (χ0n) is 11.5. The van der Waals surface area contributed by atoms with Crippen molar-refractivity contribution < 1.29 is 4.79 Å². The van der Waals surface area contributed by atoms with Crippen molar-refractivity contribution in [2.45, 2.75) is 6.92 Å². The van der Waals surface area contributed by atoms with Crippen LogP contribution in [-0.4, -0.2) is 17.4 Å². The average Bonchev–Trinajstić information content (AvgIpc) is 2.48. The van der Waals surface area contributed by atoms with Gasteiger partial charge in [0.1, 0.15) is 0 Å². The van der Waals surface area contributed by atoms with Crippen LogP contribution in [0.25, 0.3) is 0 Å². The summed E-state index contributed by atoms with van der Waals surface area (Å²) in [6, 6.07) is 7.04. The molecule has 1 amide bonds. The second kappa shape index (κ2) is 6.89. The van der Waals surface area contributed by atoms with Gasteiger partial charge in [0, 0.05) is 12.4 Å². The summed E-state index contributed by atoms with van der Waals surface area (Å²) in [5.41, 5.74) is 7.89. The smallest absolute Gasteiger partial charge is 0.257 e. The summed E-state index contributed by atoms with van der Waals surface area (Å²) < 4.78 is 0. The van der Waals surface area contributed by atoms with Crippen LogP contribution in [0.15, 0.2) is 36.7 Å². The number of pyridine rings is 1. The van der Waals surface area contributed by atoms with E-state index in [2.05, 4.69) is 22.1 Å². The van der Waals surface area contributed by atoms with Gasteiger partial charge in [-0.15, -0.1) is 0 Å². The highest BCUT2D eigenvalue weighted by Crippen LogP contribution is 2.23. The number of halogens is 1. The molecule has 1 heterocycles. The van der Waals surface area contributed by atoms with Gasteiger partial charge < -0.3 is 11.1 Å². The van der Waals surface area contributed by atoms with Crippen molar-refractivity contribution in [2.24, 2.45) is 5.73 Å². The molecule has 0 aliphatic rings. The summed E-state index contributed by atoms with van der Waals surface area (Å²) in [6.07, 6.45) is 3.08. The van der Waals surface area contributed by atoms with Crippen LogP contribution in [0.1, 0.15) is 21.5 Å². The van der Waals surface area contributed by atoms with Gasteiger partial charge in [0.05, 0.1) is 28.4 Å². The van der Waals surface area contributed by atoms with Gasteiger partial charge in [-0.2, -0.15) is 0 Å². The van der Waals surface area contributed by atoms with Gasteiger partial charge in [-0.05, 0) is 30.7 Å². The van der Waals surface area contributed by atoms with E-state index in [-0.39, 0.29) is 12.5 Å². The van der Waals surface area contributed by atoms with Crippen molar-refractivity contribution in [3.63, 3.8) is 0 Å². The van der Waals surface area contributed by atoms with Crippen molar-refractivity contribution >= 4 is 23.2 Å². The minimum atomic E-state index is -0.288. The molecule has 21 heavy (non-hydrogen) atoms. The fraction of sp³-hybridized carbons (Fsp3) is 0.125. The fourth-order valence-corrected chi connectivity index (χ4v) is 2.03. The molecule has 0 atom stereocenters. The molecule has 4 nitrogen and oxygen atoms in total. The van der Waals surface area contributed by atoms with Crippen molar-refractivity contribution in [2.75, 3.05) is 11.9 Å². The van der Waals surface area contributed by atoms with Gasteiger partial charge in [0.2, 0.25) is 0 Å². The number of rotatable bonds is 2. The molecule has 0 radical (unpaired) electrons. The lowest BCUT2D eigenvalue weighted by atomic mass is 10.1. The molecule has 2 rings (SSSR count). The number of anilines is 1. The number of hydrogen-bond donors (Lipinski definition) is 2. The number of carbonyl (C=O) groups is 1. The van der Waals surface area contributed by atoms with Crippen LogP contribution in [0.3, 0.4) is 0 Å². The summed E-state index contributed by atoms with van der Waals surface area (Å²) in [6.45, 7) is 2.15. The first kappa shape index (κ1) is 15.0. The van der Waals surface area contributed by atoms with Crippen LogP contribution in [0.4, 0.5) is 5.69 Å². The molecule has 2 aromatic rings. The third-order valence-electron chi connectivity index (χ3n) is 2.76. The number of carbonyl (C=O) groups excluding carboxylic acids is 1. The first-order valence-corrected chi connectivity index (χ1v) is 6.70. The van der Waals surface area contributed by atoms with Crippen molar-refractivity contribution in [1.29, 1.82) is 0 Å². The van der Waals surface area contributed by atoms with Crippen molar-refractivity contribution in [3.8, 4) is 11.8 Å². The minimum absolute atomic E-state index is 0.222. The number of hydrogen-bond acceptors (Lipinski definition) is 3. The topological polar surface area (TPSA) is 68.0 Å². The summed E-state index contributed by atoms with van der Waals surface area (Å²) in [5.74, 6) is 5.26. The Bertz CT molecular complexity index is 732. The van der Waals surface area contributed by atoms with E-state index in [0.29, 0.717) is 21.8 Å². The molecule has 1 aromatic heterocycles. The second-order valence-electron chi connectivity index (χ2n) is 4.36. The van der Waals surface area contributed by atoms with E-state index in [4.69, 9.17) is 17.3 Å². The molecule has 5 heteroatoms. The van der Waals surface area contributed by atoms with E-state index in [1.165, 1.54) is 6.20 Å². The lowest BCUT2D eigenvalue weighted by molar-refractivity contribution is 0.102. The largest absolute Gasteiger partial charge is 0.321 e. The average molecular weight is 300 g/mol. The van der Waals surface area contributed by atoms with E-state index in [0.717, 1.165) is 5.56 Å². The third-order valence-corrected chi connectivity index (χ3v) is 3.08. The summed E-state index contributed by atoms with van der Waals surface area (Å²) >= 11 is 6.11. The van der Waals surface area contributed by atoms with E-state index in [9.17, 15) is 4.79 Å². The second-order valence-corrected chi connectivity index (χ2v) is 4.77. The predicted octanol–water partition coefficient (Wildman–Crippen LogP) is 2.61. The maximum Gasteiger partial charge on any atom is 0.257 e. The zero-order valence-corrected chi connectivity index (χ0v) is 12.2. The maximum absolute atomic E-state index is 12.3. The zero-order chi connectivity index (χ0) is 15.2. The number of amides is 1. The number of benzene rings is 1. The summed E-state index contributed by atoms with van der Waals surface area (Å²) in [7, 11) is 0. The van der Waals surface area contributed by atoms with E-state index >= 15 is 0 Å². The minimum Gasteiger partial charge on any atom is -0.321 e. The van der Waals surface area contributed by atoms with Gasteiger partial charge in [-0.1, -0.05) is 29.5 Å². The SMILES string of the molecule is Cc1ccc(NC(=O)c2ccncc2C#CCN)c(Cl)c1. The van der Waals surface area contributed by atoms with Crippen LogP contribution in [0.5, 0.6) is 0 Å². The molecule has 0 saturated carbocycles. The number of nitrogens with two attached hydrogens (primary N) is 1. The lowest BCUT2D eigenvalue weighted by Crippen LogP contribution is -2.14. The molecular formula is C16H14ClN3O. The highest BCUT2D eigenvalue weighted by atomic mass is 35.5. The Balaban J connectivity index is 2.28. The molecule has 0 aliphatic carbocycles. The molecule has 3 N–H and O–H groups in total. The van der Waals surface area contributed by atoms with Crippen molar-refractivity contribution in [3.05, 3.63) is 58.4 Å². The Morgan fingerprint density at radius 2 is 2.24 bits per heavy atom. The van der Waals surface area contributed by atoms with Gasteiger partial charge in [-0.3, -0.25) is 9.78 Å². The summed E-state index contributed by atoms with van der Waals surface area (Å²) in [5, 5.41) is 3.27. The van der Waals surface area contributed by atoms with Gasteiger partial charge in [0.25, 0.3) is 5.91 Å². The van der Waals surface area contributed by atoms with E-state index in [1.807, 2.05) is 13.0 Å². The van der Waals surface area contributed by atoms with Crippen LogP contribution in [0, 0.1) is 18.8 Å². The van der Waals surface area contributed by atoms with Gasteiger partial charge in [-0.25, -0.2) is 0 Å². The third kappa shape index (κ3) is 3.82. The predicted molar refractivity (Wildman–Crippen MR) is 84.3 cm³/mol. The van der Waals surface area contributed by atoms with Crippen LogP contribution in [-0.2, 0) is 0 Å². The molecule has 0 spiro atoms. The Morgan fingerprint density at radius 1 is 1.43 bits per heavy atom. The first-order chi connectivity index (χ1) is 10.1. The maximum atomic E-state index is 12.3. The van der Waals surface area contributed by atoms with Gasteiger partial charge in [0.15, 0.2) is 0 Å². The molecule has 0 bridgehead atoms. The standard InChI is InChI=1S/C16H14ClN3O/c1-11-4-5-15(14(17)9-11)20-16(21)13-6-8-19-10-12(13)3-2-7-18/h4-6,8-10H,7,18H2,1H3,(H,20,21). The highest BCUT2D eigenvalue weighted by molar-refractivity contribution is 6.34. The molecule has 106 valence electrons.